The Labute approximate surface area is 180 Å². The zero-order valence-electron chi connectivity index (χ0n) is 17.0. The molecule has 0 atom stereocenters. The van der Waals surface area contributed by atoms with Crippen LogP contribution in [-0.4, -0.2) is 60.0 Å². The SMILES string of the molecule is COc1ccc(OC2(C#Cc3cncc(O)c3)CCOCC2)cc1.O=CNCC(=O)O. The smallest absolute Gasteiger partial charge is 0.322 e. The molecule has 3 N–H and O–H groups in total. The number of hydrogen-bond acceptors (Lipinski definition) is 7. The number of carboxylic acids is 1. The van der Waals surface area contributed by atoms with Crippen LogP contribution in [0.2, 0.25) is 0 Å². The van der Waals surface area contributed by atoms with Crippen LogP contribution in [0.15, 0.2) is 42.7 Å². The van der Waals surface area contributed by atoms with Gasteiger partial charge in [-0.25, -0.2) is 0 Å². The van der Waals surface area contributed by atoms with E-state index in [1.165, 1.54) is 6.20 Å². The third-order valence-electron chi connectivity index (χ3n) is 4.17. The van der Waals surface area contributed by atoms with Gasteiger partial charge in [0.25, 0.3) is 0 Å². The molecule has 9 nitrogen and oxygen atoms in total. The monoisotopic (exact) mass is 428 g/mol. The number of pyridine rings is 1. The summed E-state index contributed by atoms with van der Waals surface area (Å²) < 4.78 is 16.8. The van der Waals surface area contributed by atoms with Crippen LogP contribution in [0.5, 0.6) is 17.2 Å². The zero-order valence-corrected chi connectivity index (χ0v) is 17.0. The number of nitrogens with one attached hydrogen (secondary N) is 1. The Morgan fingerprint density at radius 3 is 2.48 bits per heavy atom. The predicted molar refractivity (Wildman–Crippen MR) is 111 cm³/mol. The van der Waals surface area contributed by atoms with Crippen molar-refractivity contribution in [2.75, 3.05) is 26.9 Å². The molecule has 31 heavy (non-hydrogen) atoms. The number of methoxy groups -OCH3 is 1. The normalized spacial score (nSPS) is 14.0. The molecule has 1 amide bonds. The van der Waals surface area contributed by atoms with Crippen LogP contribution in [0.4, 0.5) is 0 Å². The molecule has 1 aliphatic rings. The van der Waals surface area contributed by atoms with Crippen LogP contribution in [-0.2, 0) is 14.3 Å². The first kappa shape index (κ1) is 23.5. The van der Waals surface area contributed by atoms with Crippen molar-refractivity contribution in [1.29, 1.82) is 0 Å². The van der Waals surface area contributed by atoms with Crippen LogP contribution in [0.25, 0.3) is 0 Å². The molecule has 0 spiro atoms. The average molecular weight is 428 g/mol. The van der Waals surface area contributed by atoms with Crippen molar-refractivity contribution < 1.29 is 34.0 Å². The molecule has 164 valence electrons. The van der Waals surface area contributed by atoms with Gasteiger partial charge in [0, 0.05) is 24.6 Å². The Kier molecular flexibility index (Phi) is 9.13. The molecule has 2 aromatic rings. The summed E-state index contributed by atoms with van der Waals surface area (Å²) in [4.78, 5) is 22.8. The van der Waals surface area contributed by atoms with E-state index >= 15 is 0 Å². The second-order valence-electron chi connectivity index (χ2n) is 6.46. The van der Waals surface area contributed by atoms with Gasteiger partial charge in [-0.1, -0.05) is 5.92 Å². The summed E-state index contributed by atoms with van der Waals surface area (Å²) in [5.74, 6) is 6.86. The minimum atomic E-state index is -1.04. The summed E-state index contributed by atoms with van der Waals surface area (Å²) in [6.45, 7) is 0.899. The van der Waals surface area contributed by atoms with Crippen molar-refractivity contribution >= 4 is 12.4 Å². The molecule has 2 heterocycles. The predicted octanol–water partition coefficient (Wildman–Crippen LogP) is 1.59. The Balaban J connectivity index is 0.000000423. The lowest BCUT2D eigenvalue weighted by Crippen LogP contribution is -2.40. The van der Waals surface area contributed by atoms with Gasteiger partial charge in [0.05, 0.1) is 26.5 Å². The van der Waals surface area contributed by atoms with E-state index in [0.29, 0.717) is 38.0 Å². The van der Waals surface area contributed by atoms with Crippen LogP contribution in [0.1, 0.15) is 18.4 Å². The van der Waals surface area contributed by atoms with E-state index in [9.17, 15) is 14.7 Å². The third kappa shape index (κ3) is 8.24. The molecular weight excluding hydrogens is 404 g/mol. The number of aromatic nitrogens is 1. The Hall–Kier alpha value is -3.77. The van der Waals surface area contributed by atoms with E-state index in [4.69, 9.17) is 19.3 Å². The Morgan fingerprint density at radius 2 is 1.94 bits per heavy atom. The summed E-state index contributed by atoms with van der Waals surface area (Å²) in [7, 11) is 1.63. The number of ether oxygens (including phenoxy) is 3. The molecular formula is C22H24N2O7. The number of aliphatic carboxylic acids is 1. The lowest BCUT2D eigenvalue weighted by atomic mass is 9.94. The zero-order chi connectivity index (χ0) is 22.5. The van der Waals surface area contributed by atoms with Crippen LogP contribution < -0.4 is 14.8 Å². The van der Waals surface area contributed by atoms with E-state index in [1.54, 1.807) is 19.4 Å². The fourth-order valence-corrected chi connectivity index (χ4v) is 2.63. The van der Waals surface area contributed by atoms with Gasteiger partial charge in [0.15, 0.2) is 5.60 Å². The highest BCUT2D eigenvalue weighted by molar-refractivity contribution is 5.71. The molecule has 1 saturated heterocycles. The van der Waals surface area contributed by atoms with E-state index in [2.05, 4.69) is 16.8 Å². The minimum absolute atomic E-state index is 0.0962. The maximum absolute atomic E-state index is 9.54. The topological polar surface area (TPSA) is 127 Å². The molecule has 0 saturated carbocycles. The first-order chi connectivity index (χ1) is 15.0. The van der Waals surface area contributed by atoms with Gasteiger partial charge >= 0.3 is 5.97 Å². The number of carbonyl (C=O) groups excluding carboxylic acids is 1. The van der Waals surface area contributed by atoms with Crippen molar-refractivity contribution in [3.8, 4) is 29.1 Å². The molecule has 3 rings (SSSR count). The van der Waals surface area contributed by atoms with Crippen molar-refractivity contribution in [2.45, 2.75) is 18.4 Å². The summed E-state index contributed by atoms with van der Waals surface area (Å²) in [6, 6.07) is 9.03. The molecule has 0 aliphatic carbocycles. The average Bonchev–Trinajstić information content (AvgIpc) is 2.78. The van der Waals surface area contributed by atoms with Gasteiger partial charge in [-0.2, -0.15) is 0 Å². The van der Waals surface area contributed by atoms with E-state index in [-0.39, 0.29) is 12.3 Å². The molecule has 1 aromatic heterocycles. The first-order valence-electron chi connectivity index (χ1n) is 9.43. The van der Waals surface area contributed by atoms with E-state index < -0.39 is 11.6 Å². The molecule has 1 aliphatic heterocycles. The molecule has 1 fully saturated rings. The van der Waals surface area contributed by atoms with Gasteiger partial charge in [0.2, 0.25) is 6.41 Å². The van der Waals surface area contributed by atoms with Crippen LogP contribution >= 0.6 is 0 Å². The Morgan fingerprint density at radius 1 is 1.26 bits per heavy atom. The Bertz CT molecular complexity index is 913. The molecule has 0 radical (unpaired) electrons. The van der Waals surface area contributed by atoms with Crippen LogP contribution in [0.3, 0.4) is 0 Å². The highest BCUT2D eigenvalue weighted by atomic mass is 16.5. The first-order valence-corrected chi connectivity index (χ1v) is 9.43. The maximum Gasteiger partial charge on any atom is 0.322 e. The summed E-state index contributed by atoms with van der Waals surface area (Å²) in [5, 5.41) is 19.3. The van der Waals surface area contributed by atoms with Crippen molar-refractivity contribution in [2.24, 2.45) is 0 Å². The van der Waals surface area contributed by atoms with Crippen molar-refractivity contribution in [3.05, 3.63) is 48.3 Å². The standard InChI is InChI=1S/C19H19NO4.C3H5NO3/c1-22-17-2-4-18(5-3-17)24-19(8-10-23-11-9-19)7-6-15-12-16(21)14-20-13-15;5-2-4-1-3(6)7/h2-5,12-14,21H,8-11H2,1H3;2H,1H2,(H,4,5)(H,6,7). The quantitative estimate of drug-likeness (QED) is 0.468. The number of carbonyl (C=O) groups is 2. The highest BCUT2D eigenvalue weighted by Crippen LogP contribution is 2.29. The largest absolute Gasteiger partial charge is 0.506 e. The number of nitrogens with zero attached hydrogens (tertiary/aromatic N) is 1. The lowest BCUT2D eigenvalue weighted by molar-refractivity contribution is -0.136. The van der Waals surface area contributed by atoms with Gasteiger partial charge < -0.3 is 29.7 Å². The van der Waals surface area contributed by atoms with E-state index in [0.717, 1.165) is 11.5 Å². The van der Waals surface area contributed by atoms with Crippen molar-refractivity contribution in [1.82, 2.24) is 10.3 Å². The number of hydrogen-bond donors (Lipinski definition) is 3. The summed E-state index contributed by atoms with van der Waals surface area (Å²) in [5.41, 5.74) is 0.0392. The second kappa shape index (κ2) is 12.0. The number of aromatic hydroxyl groups is 1. The summed E-state index contributed by atoms with van der Waals surface area (Å²) >= 11 is 0. The minimum Gasteiger partial charge on any atom is -0.506 e. The van der Waals surface area contributed by atoms with Crippen molar-refractivity contribution in [3.63, 3.8) is 0 Å². The van der Waals surface area contributed by atoms with Crippen LogP contribution in [0, 0.1) is 11.8 Å². The fourth-order valence-electron chi connectivity index (χ4n) is 2.63. The maximum atomic E-state index is 9.54. The van der Waals surface area contributed by atoms with Gasteiger partial charge in [-0.3, -0.25) is 14.6 Å². The van der Waals surface area contributed by atoms with E-state index in [1.807, 2.05) is 29.6 Å². The number of benzene rings is 1. The number of amides is 1. The van der Waals surface area contributed by atoms with Gasteiger partial charge in [0.1, 0.15) is 23.8 Å². The molecule has 9 heteroatoms. The molecule has 0 unspecified atom stereocenters. The molecule has 1 aromatic carbocycles. The highest BCUT2D eigenvalue weighted by Gasteiger charge is 2.33. The second-order valence-corrected chi connectivity index (χ2v) is 6.46. The number of rotatable bonds is 6. The number of carboxylic acid groups (broad SMARTS) is 1. The summed E-state index contributed by atoms with van der Waals surface area (Å²) in [6.07, 6.45) is 4.70. The van der Waals surface area contributed by atoms with Gasteiger partial charge in [-0.15, -0.1) is 0 Å². The fraction of sp³-hybridized carbons (Fsp3) is 0.318. The third-order valence-corrected chi connectivity index (χ3v) is 4.17. The lowest BCUT2D eigenvalue weighted by Gasteiger charge is -2.33. The molecule has 0 bridgehead atoms. The van der Waals surface area contributed by atoms with Gasteiger partial charge in [-0.05, 0) is 36.3 Å².